The lowest BCUT2D eigenvalue weighted by atomic mass is 9.96. The van der Waals surface area contributed by atoms with Gasteiger partial charge >= 0.3 is 0 Å². The number of para-hydroxylation sites is 4. The van der Waals surface area contributed by atoms with E-state index in [0.717, 1.165) is 55.7 Å². The molecule has 310 valence electrons. The Kier molecular flexibility index (Phi) is 7.63. The number of hydrogen-bond donors (Lipinski definition) is 0. The van der Waals surface area contributed by atoms with E-state index in [2.05, 4.69) is 215 Å². The fraction of sp³-hybridized carbons (Fsp3) is 0. The molecule has 4 aromatic heterocycles. The van der Waals surface area contributed by atoms with Gasteiger partial charge in [0, 0.05) is 63.9 Å². The Morgan fingerprint density at radius 1 is 0.328 bits per heavy atom. The molecule has 0 aliphatic rings. The van der Waals surface area contributed by atoms with Gasteiger partial charge in [0.2, 0.25) is 0 Å². The molecular formula is C62H36N4S. The molecule has 0 fully saturated rings. The SMILES string of the molecule is c1ccc2c(c1)ccc1c2c2ccccc2n1-c1ccc2cc3c(cc2c1)c1ccccc1n3-c1ccc(-c2nc3ccccc3nc2-c2ccc3c(c2)sc2ccccc23)c2ccccc12. The zero-order valence-electron chi connectivity index (χ0n) is 36.0. The van der Waals surface area contributed by atoms with Crippen molar-refractivity contribution in [1.29, 1.82) is 0 Å². The van der Waals surface area contributed by atoms with Gasteiger partial charge in [0.25, 0.3) is 0 Å². The lowest BCUT2D eigenvalue weighted by Crippen LogP contribution is -1.99. The molecule has 5 heteroatoms. The van der Waals surface area contributed by atoms with Crippen molar-refractivity contribution in [2.75, 3.05) is 0 Å². The standard InChI is InChI=1S/C62H36N4S/c1-2-14-42-37(13-1)27-31-56-60(42)49-19-6-11-23-54(49)65(56)41-28-25-38-35-57-50(34-40(38)33-41)45-17-5-10-22-53(45)66(57)55-32-30-48(43-15-3-4-16-44(43)55)62-61(63-51-20-8-9-21-52(51)64-62)39-26-29-47-46-18-7-12-24-58(46)67-59(47)36-39/h1-36H. The molecule has 0 N–H and O–H groups in total. The van der Waals surface area contributed by atoms with Crippen LogP contribution in [0.5, 0.6) is 0 Å². The first-order valence-corrected chi connectivity index (χ1v) is 23.6. The molecule has 11 aromatic carbocycles. The van der Waals surface area contributed by atoms with Gasteiger partial charge in [-0.3, -0.25) is 0 Å². The highest BCUT2D eigenvalue weighted by Crippen LogP contribution is 2.44. The molecule has 0 bridgehead atoms. The fourth-order valence-corrected chi connectivity index (χ4v) is 12.2. The minimum absolute atomic E-state index is 0.876. The van der Waals surface area contributed by atoms with Crippen LogP contribution in [0.15, 0.2) is 218 Å². The van der Waals surface area contributed by atoms with E-state index >= 15 is 0 Å². The highest BCUT2D eigenvalue weighted by Gasteiger charge is 2.22. The van der Waals surface area contributed by atoms with Crippen molar-refractivity contribution in [3.8, 4) is 33.9 Å². The Labute approximate surface area is 387 Å². The smallest absolute Gasteiger partial charge is 0.0979 e. The third kappa shape index (κ3) is 5.34. The zero-order valence-corrected chi connectivity index (χ0v) is 36.8. The molecule has 67 heavy (non-hydrogen) atoms. The van der Waals surface area contributed by atoms with Gasteiger partial charge < -0.3 is 9.13 Å². The Morgan fingerprint density at radius 2 is 0.985 bits per heavy atom. The van der Waals surface area contributed by atoms with Crippen LogP contribution in [0, 0.1) is 0 Å². The van der Waals surface area contributed by atoms with Crippen LogP contribution < -0.4 is 0 Å². The predicted octanol–water partition coefficient (Wildman–Crippen LogP) is 17.0. The first-order valence-electron chi connectivity index (χ1n) is 22.8. The molecule has 15 rings (SSSR count). The second-order valence-electron chi connectivity index (χ2n) is 17.7. The molecule has 0 radical (unpaired) electrons. The number of benzene rings is 11. The summed E-state index contributed by atoms with van der Waals surface area (Å²) in [4.78, 5) is 10.8. The Morgan fingerprint density at radius 3 is 1.84 bits per heavy atom. The lowest BCUT2D eigenvalue weighted by Gasteiger charge is -2.17. The summed E-state index contributed by atoms with van der Waals surface area (Å²) in [5.74, 6) is 0. The van der Waals surface area contributed by atoms with Crippen LogP contribution >= 0.6 is 11.3 Å². The van der Waals surface area contributed by atoms with Crippen molar-refractivity contribution >= 4 is 118 Å². The quantitative estimate of drug-likeness (QED) is 0.177. The summed E-state index contributed by atoms with van der Waals surface area (Å²) in [6.45, 7) is 0. The van der Waals surface area contributed by atoms with E-state index in [-0.39, 0.29) is 0 Å². The van der Waals surface area contributed by atoms with Crippen molar-refractivity contribution in [3.05, 3.63) is 218 Å². The highest BCUT2D eigenvalue weighted by atomic mass is 32.1. The third-order valence-corrected chi connectivity index (χ3v) is 15.2. The van der Waals surface area contributed by atoms with Crippen LogP contribution in [0.4, 0.5) is 0 Å². The van der Waals surface area contributed by atoms with Gasteiger partial charge in [-0.25, -0.2) is 9.97 Å². The van der Waals surface area contributed by atoms with Gasteiger partial charge in [-0.2, -0.15) is 0 Å². The van der Waals surface area contributed by atoms with Crippen molar-refractivity contribution in [1.82, 2.24) is 19.1 Å². The molecule has 0 saturated carbocycles. The largest absolute Gasteiger partial charge is 0.309 e. The van der Waals surface area contributed by atoms with Crippen LogP contribution in [-0.4, -0.2) is 19.1 Å². The molecule has 0 amide bonds. The van der Waals surface area contributed by atoms with Crippen LogP contribution in [0.2, 0.25) is 0 Å². The average Bonchev–Trinajstić information content (AvgIpc) is 4.04. The van der Waals surface area contributed by atoms with Crippen LogP contribution in [0.3, 0.4) is 0 Å². The summed E-state index contributed by atoms with van der Waals surface area (Å²) in [7, 11) is 0. The molecule has 0 atom stereocenters. The number of nitrogens with zero attached hydrogens (tertiary/aromatic N) is 4. The predicted molar refractivity (Wildman–Crippen MR) is 284 cm³/mol. The maximum atomic E-state index is 5.43. The van der Waals surface area contributed by atoms with Crippen LogP contribution in [0.1, 0.15) is 0 Å². The van der Waals surface area contributed by atoms with E-state index in [1.807, 2.05) is 23.5 Å². The van der Waals surface area contributed by atoms with E-state index < -0.39 is 0 Å². The summed E-state index contributed by atoms with van der Waals surface area (Å²) >= 11 is 1.83. The first kappa shape index (κ1) is 36.7. The molecule has 15 aromatic rings. The van der Waals surface area contributed by atoms with E-state index in [9.17, 15) is 0 Å². The summed E-state index contributed by atoms with van der Waals surface area (Å²) in [6, 6.07) is 79.7. The van der Waals surface area contributed by atoms with E-state index in [1.165, 1.54) is 85.3 Å². The van der Waals surface area contributed by atoms with Crippen LogP contribution in [0.25, 0.3) is 141 Å². The molecule has 4 heterocycles. The Hall–Kier alpha value is -8.64. The van der Waals surface area contributed by atoms with E-state index in [1.54, 1.807) is 0 Å². The van der Waals surface area contributed by atoms with Gasteiger partial charge in [-0.05, 0) is 106 Å². The molecule has 0 saturated heterocycles. The number of fused-ring (bicyclic) bond motifs is 14. The van der Waals surface area contributed by atoms with Crippen molar-refractivity contribution in [2.45, 2.75) is 0 Å². The average molecular weight is 869 g/mol. The third-order valence-electron chi connectivity index (χ3n) is 14.1. The molecule has 0 aliphatic carbocycles. The molecule has 0 unspecified atom stereocenters. The fourth-order valence-electron chi connectivity index (χ4n) is 11.1. The van der Waals surface area contributed by atoms with Gasteiger partial charge in [0.05, 0.1) is 50.2 Å². The molecular weight excluding hydrogens is 833 g/mol. The normalized spacial score (nSPS) is 12.2. The number of aromatic nitrogens is 4. The van der Waals surface area contributed by atoms with Gasteiger partial charge in [-0.1, -0.05) is 140 Å². The van der Waals surface area contributed by atoms with E-state index in [4.69, 9.17) is 9.97 Å². The topological polar surface area (TPSA) is 35.6 Å². The first-order chi connectivity index (χ1) is 33.2. The number of thiophene rings is 1. The van der Waals surface area contributed by atoms with Crippen molar-refractivity contribution in [2.24, 2.45) is 0 Å². The summed E-state index contributed by atoms with van der Waals surface area (Å²) in [5, 5.41) is 14.8. The Bertz CT molecular complexity index is 4590. The molecule has 0 aliphatic heterocycles. The number of hydrogen-bond acceptors (Lipinski definition) is 3. The monoisotopic (exact) mass is 868 g/mol. The maximum Gasteiger partial charge on any atom is 0.0979 e. The second-order valence-corrected chi connectivity index (χ2v) is 18.8. The van der Waals surface area contributed by atoms with Crippen molar-refractivity contribution < 1.29 is 0 Å². The Balaban J connectivity index is 0.927. The highest BCUT2D eigenvalue weighted by molar-refractivity contribution is 7.25. The van der Waals surface area contributed by atoms with E-state index in [0.29, 0.717) is 0 Å². The van der Waals surface area contributed by atoms with Gasteiger partial charge in [-0.15, -0.1) is 11.3 Å². The van der Waals surface area contributed by atoms with Crippen molar-refractivity contribution in [3.63, 3.8) is 0 Å². The lowest BCUT2D eigenvalue weighted by molar-refractivity contribution is 1.19. The minimum atomic E-state index is 0.876. The minimum Gasteiger partial charge on any atom is -0.309 e. The van der Waals surface area contributed by atoms with Gasteiger partial charge in [0.1, 0.15) is 0 Å². The summed E-state index contributed by atoms with van der Waals surface area (Å²) < 4.78 is 7.43. The van der Waals surface area contributed by atoms with Gasteiger partial charge in [0.15, 0.2) is 0 Å². The summed E-state index contributed by atoms with van der Waals surface area (Å²) in [6.07, 6.45) is 0. The zero-order chi connectivity index (χ0) is 43.7. The molecule has 0 spiro atoms. The maximum absolute atomic E-state index is 5.43. The second kappa shape index (κ2) is 13.9. The number of rotatable bonds is 4. The summed E-state index contributed by atoms with van der Waals surface area (Å²) in [5.41, 5.74) is 12.7. The molecule has 4 nitrogen and oxygen atoms in total. The van der Waals surface area contributed by atoms with Crippen LogP contribution in [-0.2, 0) is 0 Å².